The molecule has 4 heterocycles. The van der Waals surface area contributed by atoms with Gasteiger partial charge in [0.2, 0.25) is 0 Å². The number of hydrogen-bond donors (Lipinski definition) is 7. The van der Waals surface area contributed by atoms with Gasteiger partial charge in [0, 0.05) is 114 Å². The first kappa shape index (κ1) is 92.0. The summed E-state index contributed by atoms with van der Waals surface area (Å²) in [5, 5.41) is 105. The number of rotatable bonds is 28. The smallest absolute Gasteiger partial charge is 0.346 e. The minimum absolute atomic E-state index is 0. The molecule has 0 atom stereocenters. The van der Waals surface area contributed by atoms with Crippen LogP contribution in [0.1, 0.15) is 102 Å². The summed E-state index contributed by atoms with van der Waals surface area (Å²) in [6.07, 6.45) is 6.79. The predicted octanol–water partition coefficient (Wildman–Crippen LogP) is 13.5. The number of aliphatic hydroxyl groups is 3. The molecule has 0 bridgehead atoms. The Morgan fingerprint density at radius 2 is 0.908 bits per heavy atom. The molecule has 7 N–H and O–H groups in total. The van der Waals surface area contributed by atoms with Gasteiger partial charge in [-0.25, -0.2) is 19.2 Å². The third kappa shape index (κ3) is 30.6. The van der Waals surface area contributed by atoms with Gasteiger partial charge in [-0.2, -0.15) is 0 Å². The quantitative estimate of drug-likeness (QED) is 0.00787. The van der Waals surface area contributed by atoms with Gasteiger partial charge in [0.25, 0.3) is 22.7 Å². The number of likely N-dealkylation sites (tertiary alicyclic amines) is 1. The van der Waals surface area contributed by atoms with Crippen molar-refractivity contribution in [1.82, 2.24) is 10.2 Å². The number of hydrogen-bond acceptors (Lipinski definition) is 24. The molecule has 0 aliphatic carbocycles. The maximum Gasteiger partial charge on any atom is 0.346 e. The number of nitro groups is 4. The second-order valence-electron chi connectivity index (χ2n) is 24.0. The number of nitrogens with zero attached hydrogens (tertiary/aromatic N) is 5. The van der Waals surface area contributed by atoms with Crippen molar-refractivity contribution in [2.45, 2.75) is 95.7 Å². The number of fused-ring (bicyclic) bond motifs is 2. The lowest BCUT2D eigenvalue weighted by Gasteiger charge is -2.38. The van der Waals surface area contributed by atoms with Gasteiger partial charge in [0.1, 0.15) is 10.0 Å². The molecule has 0 radical (unpaired) electrons. The third-order valence-electron chi connectivity index (χ3n) is 16.1. The Bertz CT molecular complexity index is 4490. The number of aliphatic carboxylic acids is 1. The number of carboxylic acid groups (broad SMARTS) is 3. The highest BCUT2D eigenvalue weighted by atomic mass is 79.9. The molecule has 10 rings (SSSR count). The maximum atomic E-state index is 12.2. The fourth-order valence-electron chi connectivity index (χ4n) is 10.6. The van der Waals surface area contributed by atoms with Crippen LogP contribution < -0.4 is 26.0 Å². The highest BCUT2D eigenvalue weighted by molar-refractivity contribution is 9.09. The molecule has 2 saturated heterocycles. The van der Waals surface area contributed by atoms with Crippen LogP contribution in [0.15, 0.2) is 152 Å². The number of nitrogens with one attached hydrogen (secondary N) is 1. The van der Waals surface area contributed by atoms with E-state index in [0.717, 1.165) is 124 Å². The van der Waals surface area contributed by atoms with E-state index in [2.05, 4.69) is 70.1 Å². The lowest BCUT2D eigenvalue weighted by atomic mass is 9.85. The van der Waals surface area contributed by atoms with Crippen molar-refractivity contribution in [3.63, 3.8) is 0 Å². The molecule has 2 aliphatic heterocycles. The summed E-state index contributed by atoms with van der Waals surface area (Å²) in [5.74, 6) is -4.63. The largest absolute Gasteiger partial charge is 0.481 e. The zero-order valence-corrected chi connectivity index (χ0v) is 64.0. The summed E-state index contributed by atoms with van der Waals surface area (Å²) in [4.78, 5) is 110. The molecule has 31 nitrogen and oxygen atoms in total. The van der Waals surface area contributed by atoms with Crippen LogP contribution in [-0.4, -0.2) is 165 Å². The van der Waals surface area contributed by atoms with Gasteiger partial charge >= 0.3 is 47.0 Å². The predicted molar refractivity (Wildman–Crippen MR) is 417 cm³/mol. The van der Waals surface area contributed by atoms with Crippen LogP contribution in [0.25, 0.3) is 21.5 Å². The standard InChI is InChI=1S/C24H25ClN2O6.C12H9BrClNO5.C12H12BrNO6.C12H17NO.C9H7NO6.C3H7BrO.CH4/c25-21-19-8-7-18(27(30)31)15-20(19)22(28)33-23(21)32-14-4-11-26-12-9-24(29,10-13-26)16-17-5-2-1-3-6-17;13-4-1-5-19-12-10(14)8-3-2-7(15(17)18)6-9(8)11(16)20-12;13-4-1-5-20-11(15)6-8-2-3-9(14(18)19)7-10(8)12(16)17;14-12(6-8-13-9-7-12)10-11-4-2-1-3-5-11;11-8(12)3-5-1-2-6(10(15)16)4-7(5)9(13)14;4-2-1-3-5;/h1-3,5-8,15,29H,4,9-14,16H2;2-3,6H,1,4-5H2;2-3,7H,1,4-6H2,(H,16,17);1-5,13-14H,6-10H2;1-2,4H,3H2,(H,11,12)(H,13,14);5H,1-3H2;1H4. The monoisotopic (exact) mass is 1750 g/mol. The Balaban J connectivity index is 0.000000292. The van der Waals surface area contributed by atoms with Crippen molar-refractivity contribution in [1.29, 1.82) is 0 Å². The number of piperidine rings is 2. The van der Waals surface area contributed by atoms with Gasteiger partial charge in [0.15, 0.2) is 0 Å². The van der Waals surface area contributed by atoms with E-state index >= 15 is 0 Å². The molecule has 6 aromatic carbocycles. The summed E-state index contributed by atoms with van der Waals surface area (Å²) in [6.45, 7) is 5.42. The normalized spacial score (nSPS) is 13.1. The van der Waals surface area contributed by atoms with E-state index in [1.165, 1.54) is 35.9 Å². The first-order valence-electron chi connectivity index (χ1n) is 33.2. The van der Waals surface area contributed by atoms with Crippen LogP contribution in [0.3, 0.4) is 0 Å². The van der Waals surface area contributed by atoms with Crippen molar-refractivity contribution in [3.05, 3.63) is 238 Å². The van der Waals surface area contributed by atoms with Crippen molar-refractivity contribution in [2.24, 2.45) is 0 Å². The lowest BCUT2D eigenvalue weighted by Crippen LogP contribution is -2.46. The Morgan fingerprint density at radius 1 is 0.523 bits per heavy atom. The number of esters is 1. The third-order valence-corrected chi connectivity index (χ3v) is 18.5. The topological polar surface area (TPSA) is 466 Å². The van der Waals surface area contributed by atoms with Crippen LogP contribution in [0, 0.1) is 40.5 Å². The van der Waals surface area contributed by atoms with E-state index in [-0.39, 0.29) is 98.2 Å². The summed E-state index contributed by atoms with van der Waals surface area (Å²) < 4.78 is 25.9. The Labute approximate surface area is 658 Å². The Morgan fingerprint density at radius 3 is 1.29 bits per heavy atom. The number of nitro benzene ring substituents is 4. The second kappa shape index (κ2) is 46.9. The summed E-state index contributed by atoms with van der Waals surface area (Å²) in [6, 6.07) is 34.3. The van der Waals surface area contributed by atoms with E-state index < -0.39 is 72.4 Å². The van der Waals surface area contributed by atoms with Gasteiger partial charge in [-0.3, -0.25) is 50.0 Å². The first-order chi connectivity index (χ1) is 51.4. The van der Waals surface area contributed by atoms with Gasteiger partial charge in [-0.15, -0.1) is 0 Å². The highest BCUT2D eigenvalue weighted by Gasteiger charge is 2.33. The van der Waals surface area contributed by atoms with E-state index in [9.17, 15) is 79.4 Å². The van der Waals surface area contributed by atoms with Gasteiger partial charge in [0.05, 0.1) is 85.5 Å². The molecule has 0 saturated carbocycles. The number of carbonyl (C=O) groups excluding carboxylic acids is 1. The number of carboxylic acids is 3. The van der Waals surface area contributed by atoms with Crippen molar-refractivity contribution in [2.75, 3.05) is 75.1 Å². The number of carbonyl (C=O) groups is 4. The number of aromatic carboxylic acids is 2. The first-order valence-corrected chi connectivity index (χ1v) is 37.3. The molecule has 36 heteroatoms. The fraction of sp³-hybridized carbons (Fsp3) is 0.370. The fourth-order valence-corrected chi connectivity index (χ4v) is 11.8. The highest BCUT2D eigenvalue weighted by Crippen LogP contribution is 2.35. The van der Waals surface area contributed by atoms with E-state index in [4.69, 9.17) is 66.7 Å². The number of non-ortho nitro benzene ring substituents is 4. The van der Waals surface area contributed by atoms with Crippen molar-refractivity contribution < 1.29 is 92.6 Å². The lowest BCUT2D eigenvalue weighted by molar-refractivity contribution is -0.385. The van der Waals surface area contributed by atoms with Crippen molar-refractivity contribution in [3.8, 4) is 11.9 Å². The molecule has 0 spiro atoms. The second-order valence-corrected chi connectivity index (χ2v) is 27.1. The summed E-state index contributed by atoms with van der Waals surface area (Å²) in [5.41, 5.74) is -1.77. The van der Waals surface area contributed by atoms with Crippen LogP contribution >= 0.6 is 71.0 Å². The molecular formula is C73H81Br3Cl2N6O25. The van der Waals surface area contributed by atoms with Gasteiger partial charge in [-0.05, 0) is 98.8 Å². The van der Waals surface area contributed by atoms with Crippen molar-refractivity contribution >= 4 is 139 Å². The van der Waals surface area contributed by atoms with Gasteiger partial charge < -0.3 is 63.9 Å². The molecule has 588 valence electrons. The molecule has 2 aromatic heterocycles. The average Bonchev–Trinajstić information content (AvgIpc) is 0.788. The SMILES string of the molecule is C.O=C(Cc1ccc([N+](=O)[O-])cc1C(=O)O)OCCCBr.O=C(O)Cc1ccc([N+](=O)[O-])cc1C(=O)O.O=c1oc(OCCCBr)c(Cl)c2ccc([N+](=O)[O-])cc12.O=c1oc(OCCCN2CCC(O)(Cc3ccccc3)CC2)c(Cl)c2ccc([N+](=O)[O-])cc12.OC1(Cc2ccccc2)CCNCC1.OCCCBr. The van der Waals surface area contributed by atoms with E-state index in [1.54, 1.807) is 0 Å². The van der Waals surface area contributed by atoms with E-state index in [1.807, 2.05) is 48.5 Å². The Hall–Kier alpha value is -9.36. The molecule has 8 aromatic rings. The maximum absolute atomic E-state index is 12.2. The number of aliphatic hydroxyl groups excluding tert-OH is 1. The number of alkyl halides is 3. The average molecular weight is 1750 g/mol. The van der Waals surface area contributed by atoms with Crippen LogP contribution in [0.4, 0.5) is 22.7 Å². The van der Waals surface area contributed by atoms with Gasteiger partial charge in [-0.1, -0.05) is 151 Å². The minimum atomic E-state index is -1.39. The molecule has 2 aliphatic rings. The molecule has 0 unspecified atom stereocenters. The molecule has 109 heavy (non-hydrogen) atoms. The minimum Gasteiger partial charge on any atom is -0.481 e. The summed E-state index contributed by atoms with van der Waals surface area (Å²) >= 11 is 22.0. The van der Waals surface area contributed by atoms with Crippen LogP contribution in [-0.2, 0) is 40.0 Å². The zero-order valence-electron chi connectivity index (χ0n) is 57.7. The number of benzene rings is 6. The summed E-state index contributed by atoms with van der Waals surface area (Å²) in [7, 11) is 0. The molecule has 0 amide bonds. The Kier molecular flexibility index (Phi) is 39.6. The van der Waals surface area contributed by atoms with Crippen LogP contribution in [0.5, 0.6) is 11.9 Å². The van der Waals surface area contributed by atoms with E-state index in [0.29, 0.717) is 68.0 Å². The number of ether oxygens (including phenoxy) is 3. The number of halogens is 5. The van der Waals surface area contributed by atoms with Crippen LogP contribution in [0.2, 0.25) is 10.0 Å². The molecular weight excluding hydrogens is 1670 g/mol. The molecule has 2 fully saturated rings. The zero-order chi connectivity index (χ0) is 79.5.